The first kappa shape index (κ1) is 28.8. The van der Waals surface area contributed by atoms with Crippen LogP contribution in [0.5, 0.6) is 17.2 Å². The summed E-state index contributed by atoms with van der Waals surface area (Å²) < 4.78 is 17.7. The lowest BCUT2D eigenvalue weighted by atomic mass is 9.76. The molecule has 0 aliphatic carbocycles. The molecule has 0 aromatic heterocycles. The Balaban J connectivity index is 3.02. The molecule has 2 aromatic carbocycles. The lowest BCUT2D eigenvalue weighted by Gasteiger charge is -2.32. The molecule has 1 amide bonds. The van der Waals surface area contributed by atoms with E-state index in [1.807, 2.05) is 19.9 Å². The lowest BCUT2D eigenvalue weighted by Crippen LogP contribution is -2.42. The Morgan fingerprint density at radius 1 is 0.886 bits per heavy atom. The third-order valence-electron chi connectivity index (χ3n) is 5.96. The molecule has 0 unspecified atom stereocenters. The van der Waals surface area contributed by atoms with Gasteiger partial charge in [-0.25, -0.2) is 4.79 Å². The summed E-state index contributed by atoms with van der Waals surface area (Å²) in [5, 5.41) is 3.87. The van der Waals surface area contributed by atoms with Crippen molar-refractivity contribution in [3.63, 3.8) is 0 Å². The number of hydrogen-bond donors (Lipinski definition) is 1. The van der Waals surface area contributed by atoms with Gasteiger partial charge in [-0.05, 0) is 58.7 Å². The Kier molecular flexibility index (Phi) is 8.43. The van der Waals surface area contributed by atoms with Crippen molar-refractivity contribution in [2.24, 2.45) is 0 Å². The first-order chi connectivity index (χ1) is 15.9. The molecule has 0 aliphatic rings. The normalized spacial score (nSPS) is 12.5. The number of nitrogens with one attached hydrogen (secondary N) is 1. The summed E-state index contributed by atoms with van der Waals surface area (Å²) >= 11 is 0. The van der Waals surface area contributed by atoms with Crippen molar-refractivity contribution in [2.75, 3.05) is 14.2 Å². The highest BCUT2D eigenvalue weighted by atomic mass is 28.3. The van der Waals surface area contributed by atoms with Gasteiger partial charge in [0.1, 0.15) is 5.75 Å². The van der Waals surface area contributed by atoms with E-state index in [0.29, 0.717) is 11.5 Å². The topological polar surface area (TPSA) is 56.8 Å². The van der Waals surface area contributed by atoms with Gasteiger partial charge in [0.05, 0.1) is 22.3 Å². The zero-order valence-electron chi connectivity index (χ0n) is 24.0. The van der Waals surface area contributed by atoms with Crippen molar-refractivity contribution in [3.8, 4) is 28.4 Å². The Hall–Kier alpha value is -2.47. The molecule has 35 heavy (non-hydrogen) atoms. The van der Waals surface area contributed by atoms with Gasteiger partial charge in [-0.1, -0.05) is 73.3 Å². The van der Waals surface area contributed by atoms with Gasteiger partial charge in [-0.15, -0.1) is 0 Å². The van der Waals surface area contributed by atoms with Gasteiger partial charge in [0.2, 0.25) is 0 Å². The molecule has 5 nitrogen and oxygen atoms in total. The van der Waals surface area contributed by atoms with Crippen LogP contribution >= 0.6 is 0 Å². The van der Waals surface area contributed by atoms with Crippen LogP contribution in [-0.4, -0.2) is 34.4 Å². The number of hydrogen-bond acceptors (Lipinski definition) is 4. The minimum Gasteiger partial charge on any atom is -0.496 e. The zero-order chi connectivity index (χ0) is 26.9. The Bertz CT molecular complexity index is 1070. The van der Waals surface area contributed by atoms with Gasteiger partial charge < -0.3 is 19.5 Å². The second-order valence-electron chi connectivity index (χ2n) is 12.6. The van der Waals surface area contributed by atoms with E-state index in [1.54, 1.807) is 14.2 Å². The van der Waals surface area contributed by atoms with Crippen LogP contribution in [0.1, 0.15) is 66.5 Å². The molecule has 1 N–H and O–H groups in total. The van der Waals surface area contributed by atoms with Crippen molar-refractivity contribution in [1.82, 2.24) is 5.32 Å². The van der Waals surface area contributed by atoms with Crippen LogP contribution in [0.2, 0.25) is 19.6 Å². The number of rotatable bonds is 6. The van der Waals surface area contributed by atoms with E-state index in [4.69, 9.17) is 14.2 Å². The Morgan fingerprint density at radius 3 is 1.89 bits per heavy atom. The fraction of sp³-hybridized carbons (Fsp3) is 0.552. The van der Waals surface area contributed by atoms with E-state index >= 15 is 0 Å². The molecular formula is C29H45NO4Si. The van der Waals surface area contributed by atoms with Gasteiger partial charge in [0, 0.05) is 11.6 Å². The van der Waals surface area contributed by atoms with Gasteiger partial charge >= 0.3 is 6.09 Å². The van der Waals surface area contributed by atoms with Crippen molar-refractivity contribution in [1.29, 1.82) is 0 Å². The van der Waals surface area contributed by atoms with Crippen molar-refractivity contribution < 1.29 is 19.0 Å². The van der Waals surface area contributed by atoms with E-state index < -0.39 is 14.2 Å². The molecule has 0 saturated heterocycles. The van der Waals surface area contributed by atoms with Gasteiger partial charge in [-0.2, -0.15) is 0 Å². The number of amides is 1. The molecule has 0 spiro atoms. The molecule has 0 heterocycles. The van der Waals surface area contributed by atoms with Crippen LogP contribution in [0.25, 0.3) is 11.1 Å². The molecule has 0 saturated carbocycles. The molecule has 0 bridgehead atoms. The van der Waals surface area contributed by atoms with Crippen LogP contribution in [0.3, 0.4) is 0 Å². The van der Waals surface area contributed by atoms with Crippen molar-refractivity contribution in [2.45, 2.75) is 91.9 Å². The fourth-order valence-electron chi connectivity index (χ4n) is 4.22. The van der Waals surface area contributed by atoms with Gasteiger partial charge in [0.15, 0.2) is 11.5 Å². The SMILES string of the molecule is COc1ccc(-c2c(OC)cc(C(C)(C)C)cc2C(C)(C)C)c([Si](C)(C)C)c1OC(=O)NC(C)C. The molecule has 0 radical (unpaired) electrons. The highest BCUT2D eigenvalue weighted by Crippen LogP contribution is 2.45. The number of benzene rings is 2. The highest BCUT2D eigenvalue weighted by Gasteiger charge is 2.34. The summed E-state index contributed by atoms with van der Waals surface area (Å²) in [7, 11) is 1.26. The molecular weight excluding hydrogens is 454 g/mol. The highest BCUT2D eigenvalue weighted by molar-refractivity contribution is 6.90. The maximum absolute atomic E-state index is 12.7. The quantitative estimate of drug-likeness (QED) is 0.434. The molecule has 0 atom stereocenters. The predicted molar refractivity (Wildman–Crippen MR) is 150 cm³/mol. The average Bonchev–Trinajstić information content (AvgIpc) is 2.69. The van der Waals surface area contributed by atoms with Crippen molar-refractivity contribution >= 4 is 19.4 Å². The fourth-order valence-corrected chi connectivity index (χ4v) is 6.09. The number of ether oxygens (including phenoxy) is 3. The van der Waals surface area contributed by atoms with Crippen molar-refractivity contribution in [3.05, 3.63) is 35.4 Å². The van der Waals surface area contributed by atoms with Gasteiger partial charge in [0.25, 0.3) is 0 Å². The molecule has 2 aromatic rings. The van der Waals surface area contributed by atoms with E-state index in [2.05, 4.69) is 84.7 Å². The average molecular weight is 500 g/mol. The van der Waals surface area contributed by atoms with Gasteiger partial charge in [-0.3, -0.25) is 0 Å². The summed E-state index contributed by atoms with van der Waals surface area (Å²) in [6.45, 7) is 23.9. The summed E-state index contributed by atoms with van der Waals surface area (Å²) in [6.07, 6.45) is -0.485. The summed E-state index contributed by atoms with van der Waals surface area (Å²) in [5.41, 5.74) is 4.32. The van der Waals surface area contributed by atoms with E-state index in [1.165, 1.54) is 11.1 Å². The standard InChI is InChI=1S/C29H45NO4Si/c1-18(2)30-27(31)34-25-22(32-9)15-14-20(26(25)35(11,12)13)24-21(29(6,7)8)16-19(28(3,4)5)17-23(24)33-10/h14-18H,1-13H3,(H,30,31). The van der Waals surface area contributed by atoms with Crippen LogP contribution in [0.15, 0.2) is 24.3 Å². The second kappa shape index (κ2) is 10.3. The minimum absolute atomic E-state index is 0.0312. The van der Waals surface area contributed by atoms with Crippen LogP contribution in [0.4, 0.5) is 4.79 Å². The Morgan fingerprint density at radius 2 is 1.46 bits per heavy atom. The van der Waals surface area contributed by atoms with E-state index in [9.17, 15) is 4.79 Å². The maximum atomic E-state index is 12.7. The summed E-state index contributed by atoms with van der Waals surface area (Å²) in [6, 6.07) is 8.39. The monoisotopic (exact) mass is 499 g/mol. The molecule has 6 heteroatoms. The summed E-state index contributed by atoms with van der Waals surface area (Å²) in [5.74, 6) is 1.86. The summed E-state index contributed by atoms with van der Waals surface area (Å²) in [4.78, 5) is 12.7. The molecule has 0 aliphatic heterocycles. The van der Waals surface area contributed by atoms with Crippen LogP contribution < -0.4 is 24.7 Å². The third-order valence-corrected chi connectivity index (χ3v) is 7.95. The van der Waals surface area contributed by atoms with E-state index in [-0.39, 0.29) is 16.9 Å². The zero-order valence-corrected chi connectivity index (χ0v) is 25.0. The molecule has 2 rings (SSSR count). The van der Waals surface area contributed by atoms with E-state index in [0.717, 1.165) is 22.1 Å². The number of carbonyl (C=O) groups excluding carboxylic acids is 1. The minimum atomic E-state index is -2.07. The maximum Gasteiger partial charge on any atom is 0.412 e. The number of carbonyl (C=O) groups is 1. The van der Waals surface area contributed by atoms with Crippen LogP contribution in [-0.2, 0) is 10.8 Å². The predicted octanol–water partition coefficient (Wildman–Crippen LogP) is 7.01. The third kappa shape index (κ3) is 6.60. The smallest absolute Gasteiger partial charge is 0.412 e. The number of methoxy groups -OCH3 is 2. The second-order valence-corrected chi connectivity index (χ2v) is 17.6. The molecule has 0 fully saturated rings. The largest absolute Gasteiger partial charge is 0.496 e. The first-order valence-electron chi connectivity index (χ1n) is 12.3. The van der Waals surface area contributed by atoms with Crippen LogP contribution in [0, 0.1) is 0 Å². The molecule has 194 valence electrons. The Labute approximate surface area is 213 Å². The lowest BCUT2D eigenvalue weighted by molar-refractivity contribution is 0.196. The first-order valence-corrected chi connectivity index (χ1v) is 15.8.